The van der Waals surface area contributed by atoms with E-state index in [9.17, 15) is 4.79 Å². The number of nitrogens with one attached hydrogen (secondary N) is 1. The van der Waals surface area contributed by atoms with Gasteiger partial charge in [0.05, 0.1) is 7.11 Å². The summed E-state index contributed by atoms with van der Waals surface area (Å²) in [5.41, 5.74) is 0.885. The van der Waals surface area contributed by atoms with Gasteiger partial charge in [0.1, 0.15) is 6.04 Å². The van der Waals surface area contributed by atoms with Gasteiger partial charge in [0, 0.05) is 23.3 Å². The number of hydrogen-bond donors (Lipinski definition) is 1. The Balaban J connectivity index is 1.96. The maximum absolute atomic E-state index is 12.1. The molecule has 1 aliphatic carbocycles. The highest BCUT2D eigenvalue weighted by Gasteiger charge is 2.27. The Morgan fingerprint density at radius 3 is 2.95 bits per heavy atom. The number of hydrogen-bond acceptors (Lipinski definition) is 4. The molecule has 1 N–H and O–H groups in total. The smallest absolute Gasteiger partial charge is 0.327 e. The molecule has 0 bridgehead atoms. The highest BCUT2D eigenvalue weighted by Crippen LogP contribution is 2.30. The van der Waals surface area contributed by atoms with E-state index in [4.69, 9.17) is 4.74 Å². The third kappa shape index (κ3) is 2.65. The van der Waals surface area contributed by atoms with Crippen molar-refractivity contribution in [1.82, 2.24) is 10.3 Å². The fraction of sp³-hybridized carbons (Fsp3) is 0.375. The molecule has 3 rings (SSSR count). The van der Waals surface area contributed by atoms with E-state index < -0.39 is 6.04 Å². The van der Waals surface area contributed by atoms with Crippen LogP contribution in [0.5, 0.6) is 0 Å². The Morgan fingerprint density at radius 1 is 1.40 bits per heavy atom. The molecule has 1 heterocycles. The van der Waals surface area contributed by atoms with Crippen molar-refractivity contribution in [2.75, 3.05) is 13.7 Å². The van der Waals surface area contributed by atoms with Gasteiger partial charge in [-0.1, -0.05) is 24.3 Å². The summed E-state index contributed by atoms with van der Waals surface area (Å²) >= 11 is 0. The van der Waals surface area contributed by atoms with Crippen LogP contribution in [0.4, 0.5) is 0 Å². The summed E-state index contributed by atoms with van der Waals surface area (Å²) in [5.74, 6) is 0.439. The minimum Gasteiger partial charge on any atom is -0.468 e. The quantitative estimate of drug-likeness (QED) is 0.848. The molecule has 0 aliphatic heterocycles. The van der Waals surface area contributed by atoms with Gasteiger partial charge in [0.2, 0.25) is 0 Å². The zero-order valence-electron chi connectivity index (χ0n) is 11.5. The van der Waals surface area contributed by atoms with Gasteiger partial charge in [0.25, 0.3) is 0 Å². The number of carbonyl (C=O) groups is 1. The van der Waals surface area contributed by atoms with Crippen molar-refractivity contribution in [3.63, 3.8) is 0 Å². The number of nitrogens with zero attached hydrogens (tertiary/aromatic N) is 1. The van der Waals surface area contributed by atoms with Crippen LogP contribution in [0.3, 0.4) is 0 Å². The number of esters is 1. The van der Waals surface area contributed by atoms with Crippen LogP contribution in [0.1, 0.15) is 24.4 Å². The number of pyridine rings is 1. The van der Waals surface area contributed by atoms with Gasteiger partial charge < -0.3 is 10.1 Å². The van der Waals surface area contributed by atoms with Crippen LogP contribution in [0.2, 0.25) is 0 Å². The van der Waals surface area contributed by atoms with Crippen LogP contribution < -0.4 is 5.32 Å². The molecule has 4 heteroatoms. The predicted molar refractivity (Wildman–Crippen MR) is 77.2 cm³/mol. The minimum absolute atomic E-state index is 0.260. The van der Waals surface area contributed by atoms with Crippen LogP contribution in [0.25, 0.3) is 10.8 Å². The second-order valence-corrected chi connectivity index (χ2v) is 5.26. The second-order valence-electron chi connectivity index (χ2n) is 5.26. The molecule has 1 atom stereocenters. The van der Waals surface area contributed by atoms with E-state index >= 15 is 0 Å². The molecule has 2 aromatic rings. The van der Waals surface area contributed by atoms with Crippen molar-refractivity contribution >= 4 is 16.7 Å². The lowest BCUT2D eigenvalue weighted by molar-refractivity contribution is -0.143. The summed E-state index contributed by atoms with van der Waals surface area (Å²) in [5, 5.41) is 5.40. The molecule has 4 nitrogen and oxygen atoms in total. The third-order valence-electron chi connectivity index (χ3n) is 3.75. The average molecular weight is 270 g/mol. The van der Waals surface area contributed by atoms with Crippen LogP contribution >= 0.6 is 0 Å². The van der Waals surface area contributed by atoms with Gasteiger partial charge in [-0.3, -0.25) is 4.98 Å². The number of benzene rings is 1. The van der Waals surface area contributed by atoms with Crippen molar-refractivity contribution < 1.29 is 9.53 Å². The summed E-state index contributed by atoms with van der Waals surface area (Å²) in [6, 6.07) is 7.51. The maximum atomic E-state index is 12.1. The van der Waals surface area contributed by atoms with E-state index in [0.717, 1.165) is 22.9 Å². The Kier molecular flexibility index (Phi) is 3.65. The molecule has 1 unspecified atom stereocenters. The monoisotopic (exact) mass is 270 g/mol. The zero-order chi connectivity index (χ0) is 13.9. The van der Waals surface area contributed by atoms with Gasteiger partial charge in [0.15, 0.2) is 0 Å². The molecule has 0 spiro atoms. The van der Waals surface area contributed by atoms with Crippen LogP contribution in [0, 0.1) is 5.92 Å². The molecular formula is C16H18N2O2. The van der Waals surface area contributed by atoms with Crippen LogP contribution in [-0.2, 0) is 9.53 Å². The topological polar surface area (TPSA) is 51.2 Å². The van der Waals surface area contributed by atoms with Crippen molar-refractivity contribution in [2.24, 2.45) is 5.92 Å². The fourth-order valence-electron chi connectivity index (χ4n) is 2.41. The molecule has 1 saturated carbocycles. The lowest BCUT2D eigenvalue weighted by Crippen LogP contribution is -2.31. The second kappa shape index (κ2) is 5.59. The minimum atomic E-state index is -0.445. The van der Waals surface area contributed by atoms with Crippen molar-refractivity contribution in [3.8, 4) is 0 Å². The van der Waals surface area contributed by atoms with Crippen LogP contribution in [0.15, 0.2) is 36.7 Å². The SMILES string of the molecule is COC(=O)C(NCC1CC1)c1cncc2ccccc12. The first-order valence-electron chi connectivity index (χ1n) is 6.93. The van der Waals surface area contributed by atoms with E-state index in [2.05, 4.69) is 10.3 Å². The van der Waals surface area contributed by atoms with Gasteiger partial charge in [-0.25, -0.2) is 4.79 Å². The van der Waals surface area contributed by atoms with Crippen molar-refractivity contribution in [2.45, 2.75) is 18.9 Å². The molecular weight excluding hydrogens is 252 g/mol. The molecule has 1 aromatic heterocycles. The first-order chi connectivity index (χ1) is 9.79. The van der Waals surface area contributed by atoms with Crippen molar-refractivity contribution in [3.05, 3.63) is 42.2 Å². The molecule has 1 aliphatic rings. The summed E-state index contributed by atoms with van der Waals surface area (Å²) in [7, 11) is 1.42. The van der Waals surface area contributed by atoms with E-state index in [1.165, 1.54) is 20.0 Å². The summed E-state index contributed by atoms with van der Waals surface area (Å²) in [6.45, 7) is 0.850. The Labute approximate surface area is 118 Å². The number of aromatic nitrogens is 1. The molecule has 1 aromatic carbocycles. The van der Waals surface area contributed by atoms with Crippen LogP contribution in [-0.4, -0.2) is 24.6 Å². The summed E-state index contributed by atoms with van der Waals surface area (Å²) in [6.07, 6.45) is 6.06. The third-order valence-corrected chi connectivity index (χ3v) is 3.75. The standard InChI is InChI=1S/C16H18N2O2/c1-20-16(19)15(18-8-11-6-7-11)14-10-17-9-12-4-2-3-5-13(12)14/h2-5,9-11,15,18H,6-8H2,1H3. The number of fused-ring (bicyclic) bond motifs is 1. The normalized spacial score (nSPS) is 16.1. The fourth-order valence-corrected chi connectivity index (χ4v) is 2.41. The highest BCUT2D eigenvalue weighted by atomic mass is 16.5. The zero-order valence-corrected chi connectivity index (χ0v) is 11.5. The van der Waals surface area contributed by atoms with Gasteiger partial charge in [-0.15, -0.1) is 0 Å². The van der Waals surface area contributed by atoms with Gasteiger partial charge >= 0.3 is 5.97 Å². The number of rotatable bonds is 5. The van der Waals surface area contributed by atoms with Gasteiger partial charge in [-0.05, 0) is 30.7 Å². The Morgan fingerprint density at radius 2 is 2.20 bits per heavy atom. The number of carbonyl (C=O) groups excluding carboxylic acids is 1. The molecule has 0 radical (unpaired) electrons. The lowest BCUT2D eigenvalue weighted by atomic mass is 10.0. The van der Waals surface area contributed by atoms with E-state index in [-0.39, 0.29) is 5.97 Å². The Bertz CT molecular complexity index is 617. The first kappa shape index (κ1) is 13.1. The first-order valence-corrected chi connectivity index (χ1v) is 6.93. The van der Waals surface area contributed by atoms with E-state index in [1.807, 2.05) is 30.5 Å². The molecule has 20 heavy (non-hydrogen) atoms. The highest BCUT2D eigenvalue weighted by molar-refractivity contribution is 5.90. The molecule has 104 valence electrons. The lowest BCUT2D eigenvalue weighted by Gasteiger charge is -2.18. The summed E-state index contributed by atoms with van der Waals surface area (Å²) in [4.78, 5) is 16.3. The van der Waals surface area contributed by atoms with E-state index in [1.54, 1.807) is 6.20 Å². The van der Waals surface area contributed by atoms with Gasteiger partial charge in [-0.2, -0.15) is 0 Å². The maximum Gasteiger partial charge on any atom is 0.327 e. The summed E-state index contributed by atoms with van der Waals surface area (Å²) < 4.78 is 4.94. The molecule has 1 fully saturated rings. The number of methoxy groups -OCH3 is 1. The van der Waals surface area contributed by atoms with Crippen molar-refractivity contribution in [1.29, 1.82) is 0 Å². The predicted octanol–water partition coefficient (Wildman–Crippen LogP) is 2.45. The molecule has 0 saturated heterocycles. The molecule has 0 amide bonds. The Hall–Kier alpha value is -1.94. The largest absolute Gasteiger partial charge is 0.468 e. The van der Waals surface area contributed by atoms with E-state index in [0.29, 0.717) is 5.92 Å². The average Bonchev–Trinajstić information content (AvgIpc) is 3.31. The number of ether oxygens (including phenoxy) is 1.